The number of hydrogen-bond donors (Lipinski definition) is 1. The Hall–Kier alpha value is -0.870. The maximum Gasteiger partial charge on any atom is 0.294 e. The molecule has 0 aliphatic carbocycles. The zero-order chi connectivity index (χ0) is 12.6. The van der Waals surface area contributed by atoms with Crippen molar-refractivity contribution in [3.63, 3.8) is 0 Å². The molecule has 16 heavy (non-hydrogen) atoms. The van der Waals surface area contributed by atoms with Crippen LogP contribution in [-0.2, 0) is 15.5 Å². The van der Waals surface area contributed by atoms with Gasteiger partial charge in [0, 0.05) is 0 Å². The molecule has 90 valence electrons. The molecule has 0 saturated heterocycles. The number of aryl methyl sites for hydroxylation is 1. The first-order valence-electron chi connectivity index (χ1n) is 5.27. The Morgan fingerprint density at radius 1 is 1.31 bits per heavy atom. The molecule has 0 fully saturated rings. The molecule has 0 aliphatic heterocycles. The van der Waals surface area contributed by atoms with Crippen LogP contribution in [0.5, 0.6) is 0 Å². The molecule has 0 amide bonds. The first-order chi connectivity index (χ1) is 7.18. The Morgan fingerprint density at radius 3 is 2.31 bits per heavy atom. The largest absolute Gasteiger partial charge is 0.294 e. The average Bonchev–Trinajstić information content (AvgIpc) is 2.16. The minimum Gasteiger partial charge on any atom is -0.282 e. The molecule has 1 aromatic carbocycles. The van der Waals surface area contributed by atoms with Crippen molar-refractivity contribution in [1.29, 1.82) is 0 Å². The van der Waals surface area contributed by atoms with Crippen molar-refractivity contribution in [3.8, 4) is 0 Å². The Kier molecular flexibility index (Phi) is 3.45. The molecule has 1 rings (SSSR count). The van der Waals surface area contributed by atoms with Gasteiger partial charge in [-0.1, -0.05) is 32.9 Å². The van der Waals surface area contributed by atoms with Crippen LogP contribution in [0, 0.1) is 6.92 Å². The van der Waals surface area contributed by atoms with Gasteiger partial charge in [-0.3, -0.25) is 4.55 Å². The van der Waals surface area contributed by atoms with Gasteiger partial charge in [-0.25, -0.2) is 0 Å². The predicted octanol–water partition coefficient (Wildman–Crippen LogP) is 2.93. The minimum atomic E-state index is -4.12. The van der Waals surface area contributed by atoms with Crippen LogP contribution >= 0.6 is 0 Å². The van der Waals surface area contributed by atoms with E-state index in [1.807, 2.05) is 26.8 Å². The molecule has 0 bridgehead atoms. The van der Waals surface area contributed by atoms with Crippen molar-refractivity contribution >= 4 is 10.1 Å². The lowest BCUT2D eigenvalue weighted by Crippen LogP contribution is -2.16. The summed E-state index contributed by atoms with van der Waals surface area (Å²) in [5, 5.41) is 0. The molecular weight excluding hydrogens is 224 g/mol. The molecule has 0 unspecified atom stereocenters. The molecule has 0 spiro atoms. The Morgan fingerprint density at radius 2 is 1.88 bits per heavy atom. The van der Waals surface area contributed by atoms with Gasteiger partial charge < -0.3 is 0 Å². The molecule has 4 heteroatoms. The fraction of sp³-hybridized carbons (Fsp3) is 0.500. The van der Waals surface area contributed by atoms with Gasteiger partial charge in [-0.2, -0.15) is 8.42 Å². The molecule has 1 aromatic rings. The van der Waals surface area contributed by atoms with Crippen molar-refractivity contribution in [3.05, 3.63) is 29.3 Å². The van der Waals surface area contributed by atoms with E-state index >= 15 is 0 Å². The molecule has 0 atom stereocenters. The summed E-state index contributed by atoms with van der Waals surface area (Å²) in [6, 6.07) is 5.21. The third-order valence-electron chi connectivity index (χ3n) is 3.13. The smallest absolute Gasteiger partial charge is 0.282 e. The van der Waals surface area contributed by atoms with Crippen LogP contribution in [0.25, 0.3) is 0 Å². The molecule has 0 radical (unpaired) electrons. The van der Waals surface area contributed by atoms with Crippen LogP contribution < -0.4 is 0 Å². The third kappa shape index (κ3) is 2.62. The van der Waals surface area contributed by atoms with Gasteiger partial charge in [0.2, 0.25) is 0 Å². The Bertz CT molecular complexity index is 487. The minimum absolute atomic E-state index is 0.00604. The summed E-state index contributed by atoms with van der Waals surface area (Å²) in [6.45, 7) is 7.82. The van der Waals surface area contributed by atoms with Crippen LogP contribution in [0.4, 0.5) is 0 Å². The van der Waals surface area contributed by atoms with Gasteiger partial charge in [0.15, 0.2) is 0 Å². The van der Waals surface area contributed by atoms with Crippen molar-refractivity contribution in [2.45, 2.75) is 44.4 Å². The topological polar surface area (TPSA) is 54.4 Å². The first-order valence-corrected chi connectivity index (χ1v) is 6.71. The summed E-state index contributed by atoms with van der Waals surface area (Å²) >= 11 is 0. The maximum atomic E-state index is 11.2. The highest BCUT2D eigenvalue weighted by Crippen LogP contribution is 2.29. The third-order valence-corrected chi connectivity index (χ3v) is 4.13. The highest BCUT2D eigenvalue weighted by Gasteiger charge is 2.21. The summed E-state index contributed by atoms with van der Waals surface area (Å²) in [4.78, 5) is 0.00604. The lowest BCUT2D eigenvalue weighted by Gasteiger charge is -2.24. The van der Waals surface area contributed by atoms with Crippen molar-refractivity contribution in [2.24, 2.45) is 0 Å². The molecule has 3 nitrogen and oxygen atoms in total. The van der Waals surface area contributed by atoms with Crippen molar-refractivity contribution in [1.82, 2.24) is 0 Å². The predicted molar refractivity (Wildman–Crippen MR) is 64.3 cm³/mol. The highest BCUT2D eigenvalue weighted by atomic mass is 32.2. The normalized spacial score (nSPS) is 12.8. The van der Waals surface area contributed by atoms with Gasteiger partial charge in [-0.15, -0.1) is 0 Å². The zero-order valence-corrected chi connectivity index (χ0v) is 10.9. The van der Waals surface area contributed by atoms with Crippen LogP contribution in [0.15, 0.2) is 23.1 Å². The van der Waals surface area contributed by atoms with E-state index in [-0.39, 0.29) is 10.3 Å². The van der Waals surface area contributed by atoms with Crippen LogP contribution in [-0.4, -0.2) is 13.0 Å². The van der Waals surface area contributed by atoms with E-state index in [2.05, 4.69) is 0 Å². The second-order valence-electron chi connectivity index (χ2n) is 4.69. The van der Waals surface area contributed by atoms with Crippen molar-refractivity contribution in [2.75, 3.05) is 0 Å². The quantitative estimate of drug-likeness (QED) is 0.829. The number of benzene rings is 1. The highest BCUT2D eigenvalue weighted by molar-refractivity contribution is 7.85. The molecular formula is C12H18O3S. The molecule has 0 saturated carbocycles. The fourth-order valence-electron chi connectivity index (χ4n) is 1.50. The second-order valence-corrected chi connectivity index (χ2v) is 6.08. The summed E-state index contributed by atoms with van der Waals surface area (Å²) in [7, 11) is -4.12. The molecule has 0 aliphatic rings. The molecule has 0 heterocycles. The zero-order valence-electron chi connectivity index (χ0n) is 10.1. The van der Waals surface area contributed by atoms with E-state index in [0.717, 1.165) is 12.0 Å². The Balaban J connectivity index is 3.40. The average molecular weight is 242 g/mol. The first kappa shape index (κ1) is 13.2. The summed E-state index contributed by atoms with van der Waals surface area (Å²) in [5.41, 5.74) is 1.40. The van der Waals surface area contributed by atoms with E-state index < -0.39 is 10.1 Å². The summed E-state index contributed by atoms with van der Waals surface area (Å²) in [6.07, 6.45) is 0.904. The van der Waals surface area contributed by atoms with E-state index in [1.165, 1.54) is 0 Å². The summed E-state index contributed by atoms with van der Waals surface area (Å²) in [5.74, 6) is 0. The second kappa shape index (κ2) is 4.18. The van der Waals surface area contributed by atoms with Gasteiger partial charge in [0.05, 0.1) is 4.90 Å². The fourth-order valence-corrected chi connectivity index (χ4v) is 2.25. The van der Waals surface area contributed by atoms with E-state index in [4.69, 9.17) is 4.55 Å². The lowest BCUT2D eigenvalue weighted by atomic mass is 9.82. The SMILES string of the molecule is CCC(C)(C)c1ccc(C)c(S(=O)(=O)O)c1. The van der Waals surface area contributed by atoms with Crippen LogP contribution in [0.1, 0.15) is 38.3 Å². The van der Waals surface area contributed by atoms with Gasteiger partial charge in [0.1, 0.15) is 0 Å². The van der Waals surface area contributed by atoms with Crippen LogP contribution in [0.2, 0.25) is 0 Å². The molecule has 1 N–H and O–H groups in total. The van der Waals surface area contributed by atoms with E-state index in [9.17, 15) is 8.42 Å². The summed E-state index contributed by atoms with van der Waals surface area (Å²) < 4.78 is 31.5. The van der Waals surface area contributed by atoms with Crippen LogP contribution in [0.3, 0.4) is 0 Å². The molecule has 0 aromatic heterocycles. The van der Waals surface area contributed by atoms with Gasteiger partial charge >= 0.3 is 0 Å². The van der Waals surface area contributed by atoms with E-state index in [0.29, 0.717) is 5.56 Å². The number of hydrogen-bond acceptors (Lipinski definition) is 2. The Labute approximate surface area is 97.2 Å². The van der Waals surface area contributed by atoms with E-state index in [1.54, 1.807) is 19.1 Å². The maximum absolute atomic E-state index is 11.2. The van der Waals surface area contributed by atoms with Gasteiger partial charge in [-0.05, 0) is 36.0 Å². The lowest BCUT2D eigenvalue weighted by molar-refractivity contribution is 0.480. The number of rotatable bonds is 3. The van der Waals surface area contributed by atoms with Crippen molar-refractivity contribution < 1.29 is 13.0 Å². The monoisotopic (exact) mass is 242 g/mol. The standard InChI is InChI=1S/C12H18O3S/c1-5-12(3,4)10-7-6-9(2)11(8-10)16(13,14)15/h6-8H,5H2,1-4H3,(H,13,14,15). The van der Waals surface area contributed by atoms with Gasteiger partial charge in [0.25, 0.3) is 10.1 Å².